The van der Waals surface area contributed by atoms with Crippen molar-refractivity contribution >= 4 is 28.8 Å². The molecular weight excluding hydrogens is 312 g/mol. The van der Waals surface area contributed by atoms with Crippen LogP contribution in [-0.2, 0) is 4.84 Å². The number of carbonyl (C=O) groups excluding carboxylic acids is 3. The summed E-state index contributed by atoms with van der Waals surface area (Å²) in [6.45, 7) is -0.515. The predicted octanol–water partition coefficient (Wildman–Crippen LogP) is 1.30. The normalized spacial score (nSPS) is 13.6. The van der Waals surface area contributed by atoms with Gasteiger partial charge in [-0.2, -0.15) is 4.68 Å². The van der Waals surface area contributed by atoms with Crippen LogP contribution < -0.4 is 0 Å². The molecular formula is C16H10N4O4. The highest BCUT2D eigenvalue weighted by atomic mass is 16.7. The van der Waals surface area contributed by atoms with Crippen LogP contribution in [0.2, 0.25) is 0 Å². The Morgan fingerprint density at radius 2 is 1.58 bits per heavy atom. The van der Waals surface area contributed by atoms with E-state index < -0.39 is 24.3 Å². The van der Waals surface area contributed by atoms with Crippen molar-refractivity contribution < 1.29 is 19.2 Å². The Labute approximate surface area is 135 Å². The summed E-state index contributed by atoms with van der Waals surface area (Å²) in [4.78, 5) is 41.7. The average Bonchev–Trinajstić information content (AvgIpc) is 3.14. The fourth-order valence-corrected chi connectivity index (χ4v) is 2.52. The van der Waals surface area contributed by atoms with Gasteiger partial charge in [-0.1, -0.05) is 29.5 Å². The van der Waals surface area contributed by atoms with Gasteiger partial charge in [-0.25, -0.2) is 0 Å². The van der Waals surface area contributed by atoms with Crippen molar-refractivity contribution in [2.45, 2.75) is 0 Å². The van der Waals surface area contributed by atoms with E-state index in [-0.39, 0.29) is 11.1 Å². The molecule has 0 bridgehead atoms. The number of para-hydroxylation sites is 1. The number of benzene rings is 2. The van der Waals surface area contributed by atoms with Crippen LogP contribution in [0.5, 0.6) is 0 Å². The second-order valence-electron chi connectivity index (χ2n) is 5.11. The zero-order valence-electron chi connectivity index (χ0n) is 12.2. The second kappa shape index (κ2) is 5.36. The summed E-state index contributed by atoms with van der Waals surface area (Å²) in [6.07, 6.45) is 0. The summed E-state index contributed by atoms with van der Waals surface area (Å²) in [7, 11) is 0. The van der Waals surface area contributed by atoms with Crippen LogP contribution in [0, 0.1) is 0 Å². The molecule has 4 rings (SSSR count). The van der Waals surface area contributed by atoms with E-state index in [4.69, 9.17) is 4.84 Å². The second-order valence-corrected chi connectivity index (χ2v) is 5.11. The van der Waals surface area contributed by atoms with Gasteiger partial charge in [-0.15, -0.1) is 10.2 Å². The smallest absolute Gasteiger partial charge is 0.270 e. The molecule has 0 fully saturated rings. The number of imide groups is 1. The number of rotatable bonds is 3. The Kier molecular flexibility index (Phi) is 3.17. The molecule has 0 N–H and O–H groups in total. The van der Waals surface area contributed by atoms with Gasteiger partial charge in [0.05, 0.1) is 16.6 Å². The quantitative estimate of drug-likeness (QED) is 0.675. The van der Waals surface area contributed by atoms with E-state index in [9.17, 15) is 14.4 Å². The zero-order valence-corrected chi connectivity index (χ0v) is 12.2. The van der Waals surface area contributed by atoms with Gasteiger partial charge in [0.1, 0.15) is 5.52 Å². The monoisotopic (exact) mass is 322 g/mol. The first-order valence-corrected chi connectivity index (χ1v) is 7.11. The van der Waals surface area contributed by atoms with Crippen LogP contribution in [0.1, 0.15) is 25.5 Å². The van der Waals surface area contributed by atoms with Crippen LogP contribution >= 0.6 is 0 Å². The number of aromatic nitrogens is 3. The molecule has 1 aliphatic rings. The maximum atomic E-state index is 12.2. The molecule has 118 valence electrons. The third kappa shape index (κ3) is 2.09. The number of hydrogen-bond acceptors (Lipinski definition) is 6. The van der Waals surface area contributed by atoms with Gasteiger partial charge in [0.25, 0.3) is 17.7 Å². The molecule has 24 heavy (non-hydrogen) atoms. The molecule has 2 aromatic carbocycles. The molecule has 2 amide bonds. The number of nitrogens with zero attached hydrogens (tertiary/aromatic N) is 4. The van der Waals surface area contributed by atoms with Gasteiger partial charge >= 0.3 is 0 Å². The lowest BCUT2D eigenvalue weighted by Gasteiger charge is -2.12. The summed E-state index contributed by atoms with van der Waals surface area (Å²) in [6, 6.07) is 13.3. The number of hydroxylamine groups is 2. The maximum Gasteiger partial charge on any atom is 0.285 e. The molecule has 0 spiro atoms. The summed E-state index contributed by atoms with van der Waals surface area (Å²) in [5.41, 5.74) is 1.59. The van der Waals surface area contributed by atoms with Gasteiger partial charge in [0.15, 0.2) is 6.61 Å². The number of carbonyl (C=O) groups is 3. The first kappa shape index (κ1) is 14.2. The SMILES string of the molecule is O=C1c2ccccc2C(=O)N1OCC(=O)n1nnc2ccccc21. The summed E-state index contributed by atoms with van der Waals surface area (Å²) >= 11 is 0. The van der Waals surface area contributed by atoms with Crippen molar-refractivity contribution in [1.29, 1.82) is 0 Å². The molecule has 3 aromatic rings. The van der Waals surface area contributed by atoms with Gasteiger partial charge in [-0.05, 0) is 24.3 Å². The standard InChI is InChI=1S/C16H10N4O4/c21-14(19-13-8-4-3-7-12(13)17-18-19)9-24-20-15(22)10-5-1-2-6-11(10)16(20)23/h1-8H,9H2. The lowest BCUT2D eigenvalue weighted by atomic mass is 10.1. The number of hydrogen-bond donors (Lipinski definition) is 0. The lowest BCUT2D eigenvalue weighted by molar-refractivity contribution is -0.0834. The summed E-state index contributed by atoms with van der Waals surface area (Å²) in [5, 5.41) is 8.24. The average molecular weight is 322 g/mol. The van der Waals surface area contributed by atoms with Crippen molar-refractivity contribution in [2.75, 3.05) is 6.61 Å². The molecule has 0 saturated carbocycles. The molecule has 0 saturated heterocycles. The van der Waals surface area contributed by atoms with E-state index in [1.54, 1.807) is 36.4 Å². The maximum absolute atomic E-state index is 12.2. The fraction of sp³-hybridized carbons (Fsp3) is 0.0625. The first-order valence-electron chi connectivity index (χ1n) is 7.11. The third-order valence-electron chi connectivity index (χ3n) is 3.66. The Morgan fingerprint density at radius 3 is 2.29 bits per heavy atom. The zero-order chi connectivity index (χ0) is 16.7. The van der Waals surface area contributed by atoms with Crippen LogP contribution in [0.4, 0.5) is 0 Å². The molecule has 0 unspecified atom stereocenters. The highest BCUT2D eigenvalue weighted by Crippen LogP contribution is 2.22. The van der Waals surface area contributed by atoms with Gasteiger partial charge in [0, 0.05) is 0 Å². The van der Waals surface area contributed by atoms with Gasteiger partial charge < -0.3 is 0 Å². The minimum Gasteiger partial charge on any atom is -0.270 e. The highest BCUT2D eigenvalue weighted by molar-refractivity contribution is 6.20. The van der Waals surface area contributed by atoms with E-state index in [2.05, 4.69) is 10.3 Å². The molecule has 8 heteroatoms. The topological polar surface area (TPSA) is 94.4 Å². The molecule has 8 nitrogen and oxygen atoms in total. The molecule has 2 heterocycles. The summed E-state index contributed by atoms with van der Waals surface area (Å²) in [5.74, 6) is -1.72. The highest BCUT2D eigenvalue weighted by Gasteiger charge is 2.37. The van der Waals surface area contributed by atoms with Crippen molar-refractivity contribution in [1.82, 2.24) is 20.1 Å². The van der Waals surface area contributed by atoms with Crippen LogP contribution in [-0.4, -0.2) is 44.4 Å². The first-order chi connectivity index (χ1) is 11.7. The Morgan fingerprint density at radius 1 is 0.958 bits per heavy atom. The minimum atomic E-state index is -0.591. The van der Waals surface area contributed by atoms with Crippen molar-refractivity contribution in [3.63, 3.8) is 0 Å². The molecule has 0 radical (unpaired) electrons. The lowest BCUT2D eigenvalue weighted by Crippen LogP contribution is -2.33. The molecule has 1 aliphatic heterocycles. The van der Waals surface area contributed by atoms with Crippen molar-refractivity contribution in [3.05, 3.63) is 59.7 Å². The molecule has 1 aromatic heterocycles. The number of fused-ring (bicyclic) bond motifs is 2. The van der Waals surface area contributed by atoms with Crippen LogP contribution in [0.3, 0.4) is 0 Å². The fourth-order valence-electron chi connectivity index (χ4n) is 2.52. The number of amides is 2. The van der Waals surface area contributed by atoms with Crippen molar-refractivity contribution in [2.24, 2.45) is 0 Å². The van der Waals surface area contributed by atoms with Crippen LogP contribution in [0.25, 0.3) is 11.0 Å². The minimum absolute atomic E-state index is 0.251. The van der Waals surface area contributed by atoms with E-state index in [1.165, 1.54) is 12.1 Å². The van der Waals surface area contributed by atoms with Crippen molar-refractivity contribution in [3.8, 4) is 0 Å². The summed E-state index contributed by atoms with van der Waals surface area (Å²) < 4.78 is 1.08. The van der Waals surface area contributed by atoms with E-state index in [0.29, 0.717) is 16.1 Å². The third-order valence-corrected chi connectivity index (χ3v) is 3.66. The Balaban J connectivity index is 1.53. The predicted molar refractivity (Wildman–Crippen MR) is 81.0 cm³/mol. The molecule has 0 atom stereocenters. The van der Waals surface area contributed by atoms with E-state index >= 15 is 0 Å². The Hall–Kier alpha value is -3.39. The van der Waals surface area contributed by atoms with Crippen LogP contribution in [0.15, 0.2) is 48.5 Å². The van der Waals surface area contributed by atoms with E-state index in [0.717, 1.165) is 4.68 Å². The van der Waals surface area contributed by atoms with E-state index in [1.807, 2.05) is 0 Å². The van der Waals surface area contributed by atoms with Gasteiger partial charge in [-0.3, -0.25) is 19.2 Å². The van der Waals surface area contributed by atoms with Gasteiger partial charge in [0.2, 0.25) is 0 Å². The largest absolute Gasteiger partial charge is 0.285 e. The Bertz CT molecular complexity index is 959. The molecule has 0 aliphatic carbocycles.